The maximum Gasteiger partial charge on any atom is 0.336 e. The molecule has 4 heteroatoms. The third-order valence-electron chi connectivity index (χ3n) is 2.67. The van der Waals surface area contributed by atoms with E-state index in [0.29, 0.717) is 21.6 Å². The number of para-hydroxylation sites is 1. The summed E-state index contributed by atoms with van der Waals surface area (Å²) in [5.74, 6) is -1.01. The topological polar surface area (TPSA) is 50.4 Å². The zero-order chi connectivity index (χ0) is 12.0. The third-order valence-corrected chi connectivity index (χ3v) is 2.89. The summed E-state index contributed by atoms with van der Waals surface area (Å²) >= 11 is 5.87. The van der Waals surface area contributed by atoms with Crippen molar-refractivity contribution in [1.29, 1.82) is 0 Å². The van der Waals surface area contributed by atoms with Gasteiger partial charge in [-0.25, -0.2) is 4.79 Å². The first-order valence-corrected chi connectivity index (χ1v) is 5.38. The lowest BCUT2D eigenvalue weighted by atomic mass is 10.1. The summed E-state index contributed by atoms with van der Waals surface area (Å²) in [5, 5.41) is 10.9. The Balaban J connectivity index is 2.58. The molecule has 17 heavy (non-hydrogen) atoms. The van der Waals surface area contributed by atoms with Crippen molar-refractivity contribution in [3.63, 3.8) is 0 Å². The van der Waals surface area contributed by atoms with Crippen LogP contribution in [0.2, 0.25) is 5.02 Å². The molecule has 1 heterocycles. The first-order chi connectivity index (χ1) is 8.16. The van der Waals surface area contributed by atoms with Crippen LogP contribution in [-0.2, 0) is 0 Å². The number of hydrogen-bond acceptors (Lipinski definition) is 2. The molecule has 3 rings (SSSR count). The molecule has 0 fully saturated rings. The highest BCUT2D eigenvalue weighted by Gasteiger charge is 2.16. The van der Waals surface area contributed by atoms with Crippen LogP contribution in [0.1, 0.15) is 10.4 Å². The Morgan fingerprint density at radius 3 is 2.71 bits per heavy atom. The molecule has 0 aliphatic rings. The quantitative estimate of drug-likeness (QED) is 0.708. The van der Waals surface area contributed by atoms with Crippen molar-refractivity contribution < 1.29 is 14.3 Å². The van der Waals surface area contributed by atoms with Crippen LogP contribution in [0.15, 0.2) is 40.8 Å². The number of aromatic carboxylic acids is 1. The Morgan fingerprint density at radius 2 is 1.94 bits per heavy atom. The summed E-state index contributed by atoms with van der Waals surface area (Å²) in [6.07, 6.45) is 0. The second-order valence-electron chi connectivity index (χ2n) is 3.73. The number of benzene rings is 2. The highest BCUT2D eigenvalue weighted by molar-refractivity contribution is 6.32. The predicted molar refractivity (Wildman–Crippen MR) is 65.7 cm³/mol. The van der Waals surface area contributed by atoms with E-state index in [4.69, 9.17) is 16.0 Å². The fourth-order valence-corrected chi connectivity index (χ4v) is 2.20. The zero-order valence-corrected chi connectivity index (χ0v) is 9.36. The van der Waals surface area contributed by atoms with Crippen LogP contribution < -0.4 is 0 Å². The molecule has 0 bridgehead atoms. The van der Waals surface area contributed by atoms with Crippen molar-refractivity contribution >= 4 is 39.5 Å². The van der Waals surface area contributed by atoms with Crippen LogP contribution in [0.4, 0.5) is 0 Å². The molecule has 0 saturated carbocycles. The van der Waals surface area contributed by atoms with Crippen LogP contribution in [0.5, 0.6) is 0 Å². The van der Waals surface area contributed by atoms with E-state index in [0.717, 1.165) is 5.39 Å². The van der Waals surface area contributed by atoms with Crippen molar-refractivity contribution in [1.82, 2.24) is 0 Å². The molecular weight excluding hydrogens is 240 g/mol. The van der Waals surface area contributed by atoms with Crippen LogP contribution in [0.3, 0.4) is 0 Å². The zero-order valence-electron chi connectivity index (χ0n) is 8.61. The van der Waals surface area contributed by atoms with Gasteiger partial charge in [0.25, 0.3) is 0 Å². The SMILES string of the molecule is O=C(O)c1cc(Cl)cc2oc3ccccc3c12. The molecule has 1 N–H and O–H groups in total. The summed E-state index contributed by atoms with van der Waals surface area (Å²) < 4.78 is 5.58. The van der Waals surface area contributed by atoms with Gasteiger partial charge >= 0.3 is 5.97 Å². The third kappa shape index (κ3) is 1.47. The highest BCUT2D eigenvalue weighted by atomic mass is 35.5. The lowest BCUT2D eigenvalue weighted by molar-refractivity contribution is 0.0699. The van der Waals surface area contributed by atoms with E-state index in [1.807, 2.05) is 18.2 Å². The summed E-state index contributed by atoms with van der Waals surface area (Å²) in [5.41, 5.74) is 1.32. The second kappa shape index (κ2) is 3.50. The van der Waals surface area contributed by atoms with Gasteiger partial charge in [0, 0.05) is 21.9 Å². The lowest BCUT2D eigenvalue weighted by Gasteiger charge is -1.98. The summed E-state index contributed by atoms with van der Waals surface area (Å²) in [4.78, 5) is 11.2. The molecule has 2 aromatic carbocycles. The molecule has 0 radical (unpaired) electrons. The van der Waals surface area contributed by atoms with Gasteiger partial charge < -0.3 is 9.52 Å². The summed E-state index contributed by atoms with van der Waals surface area (Å²) in [6, 6.07) is 10.4. The van der Waals surface area contributed by atoms with Crippen molar-refractivity contribution in [2.45, 2.75) is 0 Å². The van der Waals surface area contributed by atoms with Gasteiger partial charge in [-0.2, -0.15) is 0 Å². The van der Waals surface area contributed by atoms with E-state index in [2.05, 4.69) is 0 Å². The lowest BCUT2D eigenvalue weighted by Crippen LogP contribution is -1.96. The highest BCUT2D eigenvalue weighted by Crippen LogP contribution is 2.33. The van der Waals surface area contributed by atoms with Gasteiger partial charge in [0.05, 0.1) is 5.56 Å². The van der Waals surface area contributed by atoms with Crippen LogP contribution in [0.25, 0.3) is 21.9 Å². The van der Waals surface area contributed by atoms with Crippen molar-refractivity contribution in [3.8, 4) is 0 Å². The molecule has 0 atom stereocenters. The molecule has 0 saturated heterocycles. The largest absolute Gasteiger partial charge is 0.478 e. The van der Waals surface area contributed by atoms with Gasteiger partial charge in [-0.1, -0.05) is 29.8 Å². The molecule has 0 amide bonds. The monoisotopic (exact) mass is 246 g/mol. The predicted octanol–water partition coefficient (Wildman–Crippen LogP) is 3.94. The molecule has 0 spiro atoms. The average Bonchev–Trinajstić information content (AvgIpc) is 2.65. The fourth-order valence-electron chi connectivity index (χ4n) is 1.99. The first-order valence-electron chi connectivity index (χ1n) is 5.01. The van der Waals surface area contributed by atoms with E-state index in [-0.39, 0.29) is 5.56 Å². The normalized spacial score (nSPS) is 11.1. The van der Waals surface area contributed by atoms with E-state index in [9.17, 15) is 9.90 Å². The number of carbonyl (C=O) groups is 1. The van der Waals surface area contributed by atoms with Gasteiger partial charge in [0.2, 0.25) is 0 Å². The van der Waals surface area contributed by atoms with Crippen LogP contribution in [-0.4, -0.2) is 11.1 Å². The molecule has 3 nitrogen and oxygen atoms in total. The first kappa shape index (κ1) is 10.2. The Morgan fingerprint density at radius 1 is 1.18 bits per heavy atom. The number of carboxylic acid groups (broad SMARTS) is 1. The Kier molecular flexibility index (Phi) is 2.09. The van der Waals surface area contributed by atoms with E-state index in [1.54, 1.807) is 12.1 Å². The summed E-state index contributed by atoms with van der Waals surface area (Å²) in [7, 11) is 0. The Bertz CT molecular complexity index is 743. The fraction of sp³-hybridized carbons (Fsp3) is 0. The summed E-state index contributed by atoms with van der Waals surface area (Å²) in [6.45, 7) is 0. The van der Waals surface area contributed by atoms with Gasteiger partial charge in [-0.3, -0.25) is 0 Å². The van der Waals surface area contributed by atoms with Crippen LogP contribution >= 0.6 is 11.6 Å². The maximum absolute atomic E-state index is 11.2. The molecule has 1 aromatic heterocycles. The van der Waals surface area contributed by atoms with E-state index in [1.165, 1.54) is 6.07 Å². The van der Waals surface area contributed by atoms with Crippen molar-refractivity contribution in [2.75, 3.05) is 0 Å². The van der Waals surface area contributed by atoms with Gasteiger partial charge in [-0.15, -0.1) is 0 Å². The molecule has 0 unspecified atom stereocenters. The smallest absolute Gasteiger partial charge is 0.336 e. The number of fused-ring (bicyclic) bond motifs is 3. The maximum atomic E-state index is 11.2. The van der Waals surface area contributed by atoms with E-state index < -0.39 is 5.97 Å². The molecule has 0 aliphatic carbocycles. The molecule has 3 aromatic rings. The number of rotatable bonds is 1. The minimum absolute atomic E-state index is 0.164. The van der Waals surface area contributed by atoms with Crippen molar-refractivity contribution in [2.24, 2.45) is 0 Å². The minimum atomic E-state index is -1.01. The molecule has 84 valence electrons. The number of halogens is 1. The average molecular weight is 247 g/mol. The number of furan rings is 1. The van der Waals surface area contributed by atoms with Crippen molar-refractivity contribution in [3.05, 3.63) is 47.0 Å². The second-order valence-corrected chi connectivity index (χ2v) is 4.17. The van der Waals surface area contributed by atoms with Crippen LogP contribution in [0, 0.1) is 0 Å². The Hall–Kier alpha value is -2.00. The van der Waals surface area contributed by atoms with Gasteiger partial charge in [0.15, 0.2) is 0 Å². The number of carboxylic acids is 1. The van der Waals surface area contributed by atoms with Gasteiger partial charge in [0.1, 0.15) is 11.2 Å². The number of hydrogen-bond donors (Lipinski definition) is 1. The minimum Gasteiger partial charge on any atom is -0.478 e. The molecular formula is C13H7ClO3. The Labute approximate surface area is 101 Å². The van der Waals surface area contributed by atoms with Gasteiger partial charge in [-0.05, 0) is 12.1 Å². The molecule has 0 aliphatic heterocycles. The standard InChI is InChI=1S/C13H7ClO3/c14-7-5-9(13(15)16)12-8-3-1-2-4-10(8)17-11(12)6-7/h1-6H,(H,15,16). The van der Waals surface area contributed by atoms with E-state index >= 15 is 0 Å².